The zero-order valence-electron chi connectivity index (χ0n) is 13.5. The number of aromatic nitrogens is 2. The molecule has 4 heterocycles. The summed E-state index contributed by atoms with van der Waals surface area (Å²) in [7, 11) is 0. The van der Waals surface area contributed by atoms with E-state index >= 15 is 0 Å². The molecule has 0 spiro atoms. The average molecular weight is 397 g/mol. The van der Waals surface area contributed by atoms with Crippen molar-refractivity contribution < 1.29 is 13.2 Å². The molecule has 1 aliphatic rings. The van der Waals surface area contributed by atoms with Crippen LogP contribution in [0, 0.1) is 0 Å². The van der Waals surface area contributed by atoms with Crippen molar-refractivity contribution in [3.8, 4) is 9.75 Å². The predicted octanol–water partition coefficient (Wildman–Crippen LogP) is 4.14. The van der Waals surface area contributed by atoms with Gasteiger partial charge in [-0.3, -0.25) is 9.69 Å². The van der Waals surface area contributed by atoms with Gasteiger partial charge in [-0.15, -0.1) is 22.7 Å². The monoisotopic (exact) mass is 397 g/mol. The van der Waals surface area contributed by atoms with E-state index in [2.05, 4.69) is 28.1 Å². The molecule has 1 aliphatic heterocycles. The van der Waals surface area contributed by atoms with Gasteiger partial charge in [0.1, 0.15) is 0 Å². The van der Waals surface area contributed by atoms with Crippen molar-refractivity contribution in [1.29, 1.82) is 0 Å². The minimum absolute atomic E-state index is 0.253. The van der Waals surface area contributed by atoms with E-state index in [9.17, 15) is 18.0 Å². The maximum atomic E-state index is 12.8. The number of aromatic amines is 1. The minimum Gasteiger partial charge on any atom is -0.303 e. The first-order chi connectivity index (χ1) is 12.4. The van der Waals surface area contributed by atoms with Crippen LogP contribution in [-0.2, 0) is 25.7 Å². The normalized spacial score (nSPS) is 15.2. The summed E-state index contributed by atoms with van der Waals surface area (Å²) in [5.74, 6) is -1.21. The lowest BCUT2D eigenvalue weighted by Gasteiger charge is -2.27. The van der Waals surface area contributed by atoms with Gasteiger partial charge in [0, 0.05) is 40.7 Å². The molecule has 3 aromatic rings. The van der Waals surface area contributed by atoms with Gasteiger partial charge in [-0.2, -0.15) is 13.2 Å². The van der Waals surface area contributed by atoms with E-state index in [1.807, 2.05) is 16.4 Å². The van der Waals surface area contributed by atoms with Gasteiger partial charge in [-0.25, -0.2) is 4.98 Å². The van der Waals surface area contributed by atoms with Crippen LogP contribution in [0.1, 0.15) is 22.0 Å². The van der Waals surface area contributed by atoms with Crippen molar-refractivity contribution in [1.82, 2.24) is 14.9 Å². The lowest BCUT2D eigenvalue weighted by Crippen LogP contribution is -2.36. The van der Waals surface area contributed by atoms with Crippen LogP contribution in [0.15, 0.2) is 34.4 Å². The quantitative estimate of drug-likeness (QED) is 0.723. The van der Waals surface area contributed by atoms with Gasteiger partial charge >= 0.3 is 6.18 Å². The van der Waals surface area contributed by atoms with Crippen LogP contribution in [0.2, 0.25) is 0 Å². The van der Waals surface area contributed by atoms with Crippen molar-refractivity contribution >= 4 is 22.7 Å². The molecule has 4 rings (SSSR count). The molecule has 0 unspecified atom stereocenters. The van der Waals surface area contributed by atoms with Crippen LogP contribution >= 0.6 is 22.7 Å². The first-order valence-corrected chi connectivity index (χ1v) is 9.64. The average Bonchev–Trinajstić information content (AvgIpc) is 3.25. The predicted molar refractivity (Wildman–Crippen MR) is 95.3 cm³/mol. The van der Waals surface area contributed by atoms with E-state index in [1.54, 1.807) is 22.7 Å². The van der Waals surface area contributed by atoms with Crippen molar-refractivity contribution in [3.63, 3.8) is 0 Å². The van der Waals surface area contributed by atoms with Crippen molar-refractivity contribution in [2.75, 3.05) is 6.54 Å². The van der Waals surface area contributed by atoms with Gasteiger partial charge in [0.15, 0.2) is 0 Å². The number of rotatable bonds is 3. The topological polar surface area (TPSA) is 49.0 Å². The first-order valence-electron chi connectivity index (χ1n) is 7.94. The van der Waals surface area contributed by atoms with Gasteiger partial charge in [0.05, 0.1) is 11.3 Å². The summed E-state index contributed by atoms with van der Waals surface area (Å²) in [6.07, 6.45) is -4.30. The number of hydrogen-bond acceptors (Lipinski definition) is 5. The number of hydrogen-bond donors (Lipinski definition) is 1. The molecule has 136 valence electrons. The Morgan fingerprint density at radius 1 is 1.23 bits per heavy atom. The fourth-order valence-electron chi connectivity index (χ4n) is 2.98. The second-order valence-electron chi connectivity index (χ2n) is 6.04. The van der Waals surface area contributed by atoms with Crippen LogP contribution in [-0.4, -0.2) is 21.4 Å². The van der Waals surface area contributed by atoms with E-state index in [4.69, 9.17) is 0 Å². The van der Waals surface area contributed by atoms with Crippen molar-refractivity contribution in [2.24, 2.45) is 0 Å². The summed E-state index contributed by atoms with van der Waals surface area (Å²) in [6.45, 7) is 1.55. The lowest BCUT2D eigenvalue weighted by molar-refractivity contribution is -0.145. The summed E-state index contributed by atoms with van der Waals surface area (Å²) in [5, 5.41) is 2.03. The van der Waals surface area contributed by atoms with Gasteiger partial charge in [-0.05, 0) is 23.6 Å². The largest absolute Gasteiger partial charge is 0.449 e. The van der Waals surface area contributed by atoms with E-state index in [0.29, 0.717) is 31.6 Å². The standard InChI is InChI=1S/C17H14F3N3OS2/c18-17(19,20)16-21-12-5-6-23(9-11(12)15(24)22-16)8-10-3-4-14(26-10)13-2-1-7-25-13/h1-4,7H,5-6,8-9H2,(H,21,22,24). The number of nitrogens with zero attached hydrogens (tertiary/aromatic N) is 2. The highest BCUT2D eigenvalue weighted by molar-refractivity contribution is 7.21. The summed E-state index contributed by atoms with van der Waals surface area (Å²) >= 11 is 3.38. The third-order valence-corrected chi connectivity index (χ3v) is 6.36. The SMILES string of the molecule is O=c1[nH]c(C(F)(F)F)nc2c1CN(Cc1ccc(-c3cccs3)s1)CC2. The Labute approximate surface area is 155 Å². The molecule has 0 amide bonds. The summed E-state index contributed by atoms with van der Waals surface area (Å²) in [4.78, 5) is 23.2. The van der Waals surface area contributed by atoms with Crippen LogP contribution in [0.4, 0.5) is 13.2 Å². The first kappa shape index (κ1) is 17.4. The Morgan fingerprint density at radius 2 is 2.08 bits per heavy atom. The van der Waals surface area contributed by atoms with Gasteiger partial charge in [0.2, 0.25) is 5.82 Å². The highest BCUT2D eigenvalue weighted by atomic mass is 32.1. The van der Waals surface area contributed by atoms with E-state index in [-0.39, 0.29) is 5.69 Å². The third-order valence-electron chi connectivity index (χ3n) is 4.22. The second kappa shape index (κ2) is 6.64. The molecule has 0 bridgehead atoms. The number of thiophene rings is 2. The molecular formula is C17H14F3N3OS2. The zero-order chi connectivity index (χ0) is 18.3. The highest BCUT2D eigenvalue weighted by Gasteiger charge is 2.35. The smallest absolute Gasteiger partial charge is 0.303 e. The maximum absolute atomic E-state index is 12.8. The summed E-state index contributed by atoms with van der Waals surface area (Å²) < 4.78 is 38.3. The van der Waals surface area contributed by atoms with Crippen LogP contribution < -0.4 is 5.56 Å². The van der Waals surface area contributed by atoms with E-state index < -0.39 is 17.6 Å². The number of halogens is 3. The molecule has 0 aliphatic carbocycles. The molecule has 0 aromatic carbocycles. The Hall–Kier alpha value is -1.97. The molecule has 0 fully saturated rings. The molecule has 3 aromatic heterocycles. The Morgan fingerprint density at radius 3 is 2.81 bits per heavy atom. The van der Waals surface area contributed by atoms with Crippen LogP contribution in [0.5, 0.6) is 0 Å². The molecule has 0 radical (unpaired) electrons. The van der Waals surface area contributed by atoms with E-state index in [0.717, 1.165) is 4.88 Å². The van der Waals surface area contributed by atoms with Crippen LogP contribution in [0.25, 0.3) is 9.75 Å². The van der Waals surface area contributed by atoms with Gasteiger partial charge < -0.3 is 4.98 Å². The number of H-pyrrole nitrogens is 1. The van der Waals surface area contributed by atoms with Crippen molar-refractivity contribution in [2.45, 2.75) is 25.7 Å². The molecule has 26 heavy (non-hydrogen) atoms. The Balaban J connectivity index is 1.51. The Bertz CT molecular complexity index is 976. The highest BCUT2D eigenvalue weighted by Crippen LogP contribution is 2.32. The fourth-order valence-corrected chi connectivity index (χ4v) is 4.87. The molecule has 9 heteroatoms. The van der Waals surface area contributed by atoms with Crippen molar-refractivity contribution in [3.05, 3.63) is 62.0 Å². The number of fused-ring (bicyclic) bond motifs is 1. The molecule has 4 nitrogen and oxygen atoms in total. The van der Waals surface area contributed by atoms with Crippen LogP contribution in [0.3, 0.4) is 0 Å². The molecule has 1 N–H and O–H groups in total. The molecular weight excluding hydrogens is 383 g/mol. The minimum atomic E-state index is -4.64. The van der Waals surface area contributed by atoms with E-state index in [1.165, 1.54) is 9.75 Å². The lowest BCUT2D eigenvalue weighted by atomic mass is 10.1. The fraction of sp³-hybridized carbons (Fsp3) is 0.294. The number of nitrogens with one attached hydrogen (secondary N) is 1. The summed E-state index contributed by atoms with van der Waals surface area (Å²) in [5.41, 5.74) is -0.112. The number of alkyl halides is 3. The van der Waals surface area contributed by atoms with Gasteiger partial charge in [-0.1, -0.05) is 6.07 Å². The third kappa shape index (κ3) is 3.46. The summed E-state index contributed by atoms with van der Waals surface area (Å²) in [6, 6.07) is 8.22. The maximum Gasteiger partial charge on any atom is 0.449 e. The second-order valence-corrected chi connectivity index (χ2v) is 8.16. The van der Waals surface area contributed by atoms with Gasteiger partial charge in [0.25, 0.3) is 5.56 Å². The molecule has 0 saturated carbocycles. The Kier molecular flexibility index (Phi) is 4.45. The molecule has 0 saturated heterocycles. The molecule has 0 atom stereocenters. The zero-order valence-corrected chi connectivity index (χ0v) is 15.1.